The van der Waals surface area contributed by atoms with Gasteiger partial charge >= 0.3 is 5.97 Å². The van der Waals surface area contributed by atoms with Crippen LogP contribution in [-0.4, -0.2) is 38.3 Å². The summed E-state index contributed by atoms with van der Waals surface area (Å²) < 4.78 is 0. The molecule has 6 nitrogen and oxygen atoms in total. The quantitative estimate of drug-likeness (QED) is 0.494. The monoisotopic (exact) mass is 347 g/mol. The molecule has 0 bridgehead atoms. The highest BCUT2D eigenvalue weighted by molar-refractivity contribution is 5.80. The van der Waals surface area contributed by atoms with Crippen LogP contribution in [0.2, 0.25) is 0 Å². The molecular weight excluding hydrogens is 318 g/mol. The Morgan fingerprint density at radius 1 is 1.36 bits per heavy atom. The Balaban J connectivity index is 2.11. The maximum atomic E-state index is 11.2. The number of hydrogen-bond donors (Lipinski definition) is 4. The van der Waals surface area contributed by atoms with E-state index in [1.165, 1.54) is 31.2 Å². The Labute approximate surface area is 148 Å². The molecule has 2 unspecified atom stereocenters. The summed E-state index contributed by atoms with van der Waals surface area (Å²) in [6.07, 6.45) is 6.13. The Morgan fingerprint density at radius 3 is 2.76 bits per heavy atom. The first-order chi connectivity index (χ1) is 11.9. The lowest BCUT2D eigenvalue weighted by Crippen LogP contribution is -2.53. The molecule has 6 heteroatoms. The van der Waals surface area contributed by atoms with Crippen molar-refractivity contribution in [2.45, 2.75) is 63.8 Å². The van der Waals surface area contributed by atoms with Crippen LogP contribution < -0.4 is 5.73 Å². The van der Waals surface area contributed by atoms with E-state index in [1.54, 1.807) is 0 Å². The van der Waals surface area contributed by atoms with Crippen LogP contribution in [0, 0.1) is 0 Å². The molecule has 1 heterocycles. The molecule has 2 rings (SSSR count). The summed E-state index contributed by atoms with van der Waals surface area (Å²) >= 11 is 0. The molecule has 0 saturated carbocycles. The number of carboxylic acid groups (broad SMARTS) is 1. The average molecular weight is 347 g/mol. The number of nitrogens with zero attached hydrogens (tertiary/aromatic N) is 1. The number of aliphatic hydroxyl groups is 1. The van der Waals surface area contributed by atoms with Crippen LogP contribution in [0.5, 0.6) is 0 Å². The number of rotatable bonds is 10. The predicted octanol–water partition coefficient (Wildman–Crippen LogP) is 2.95. The van der Waals surface area contributed by atoms with Crippen molar-refractivity contribution >= 4 is 17.0 Å². The van der Waals surface area contributed by atoms with Crippen LogP contribution in [0.1, 0.15) is 63.3 Å². The molecule has 0 saturated heterocycles. The summed E-state index contributed by atoms with van der Waals surface area (Å²) in [6.45, 7) is 3.80. The number of unbranched alkanes of at least 4 members (excludes halogenated alkanes) is 3. The van der Waals surface area contributed by atoms with E-state index in [9.17, 15) is 15.0 Å². The Hall–Kier alpha value is -1.92. The van der Waals surface area contributed by atoms with E-state index in [2.05, 4.69) is 35.9 Å². The first-order valence-electron chi connectivity index (χ1n) is 9.01. The van der Waals surface area contributed by atoms with Crippen molar-refractivity contribution in [3.63, 3.8) is 0 Å². The van der Waals surface area contributed by atoms with Crippen molar-refractivity contribution < 1.29 is 15.0 Å². The van der Waals surface area contributed by atoms with E-state index in [-0.39, 0.29) is 6.42 Å². The van der Waals surface area contributed by atoms with Gasteiger partial charge in [-0.05, 0) is 30.0 Å². The predicted molar refractivity (Wildman–Crippen MR) is 98.6 cm³/mol. The molecule has 2 atom stereocenters. The number of imidazole rings is 1. The van der Waals surface area contributed by atoms with Gasteiger partial charge in [-0.1, -0.05) is 45.6 Å². The number of aliphatic hydroxyl groups excluding tert-OH is 1. The van der Waals surface area contributed by atoms with Crippen molar-refractivity contribution in [1.29, 1.82) is 0 Å². The van der Waals surface area contributed by atoms with E-state index < -0.39 is 18.1 Å². The van der Waals surface area contributed by atoms with E-state index >= 15 is 0 Å². The van der Waals surface area contributed by atoms with E-state index in [0.717, 1.165) is 17.5 Å². The third kappa shape index (κ3) is 4.80. The number of carbonyl (C=O) groups is 1. The summed E-state index contributed by atoms with van der Waals surface area (Å²) in [4.78, 5) is 18.8. The minimum absolute atomic E-state index is 0.0462. The zero-order valence-corrected chi connectivity index (χ0v) is 15.1. The molecule has 0 fully saturated rings. The van der Waals surface area contributed by atoms with Crippen molar-refractivity contribution in [3.05, 3.63) is 29.6 Å². The van der Waals surface area contributed by atoms with E-state index in [0.29, 0.717) is 11.7 Å². The Kier molecular flexibility index (Phi) is 6.56. The van der Waals surface area contributed by atoms with Crippen LogP contribution in [0.4, 0.5) is 0 Å². The summed E-state index contributed by atoms with van der Waals surface area (Å²) in [7, 11) is 0. The van der Waals surface area contributed by atoms with Gasteiger partial charge in [0, 0.05) is 6.42 Å². The fraction of sp³-hybridized carbons (Fsp3) is 0.579. The highest BCUT2D eigenvalue weighted by Crippen LogP contribution is 2.25. The topological polar surface area (TPSA) is 112 Å². The highest BCUT2D eigenvalue weighted by atomic mass is 16.4. The van der Waals surface area contributed by atoms with Gasteiger partial charge in [-0.15, -0.1) is 0 Å². The SMILES string of the molecule is CCCCCCC(C)c1ccc2nc(CC(N)(CO)C(=O)O)[nH]c2c1. The van der Waals surface area contributed by atoms with Gasteiger partial charge in [0.2, 0.25) is 0 Å². The molecule has 0 radical (unpaired) electrons. The molecular formula is C19H29N3O3. The number of fused-ring (bicyclic) bond motifs is 1. The van der Waals surface area contributed by atoms with Gasteiger partial charge in [0.15, 0.2) is 0 Å². The minimum Gasteiger partial charge on any atom is -0.480 e. The molecule has 5 N–H and O–H groups in total. The maximum Gasteiger partial charge on any atom is 0.326 e. The fourth-order valence-electron chi connectivity index (χ4n) is 3.01. The van der Waals surface area contributed by atoms with E-state index in [4.69, 9.17) is 5.73 Å². The zero-order valence-electron chi connectivity index (χ0n) is 15.1. The van der Waals surface area contributed by atoms with Crippen molar-refractivity contribution in [2.24, 2.45) is 5.73 Å². The zero-order chi connectivity index (χ0) is 18.4. The number of nitrogens with two attached hydrogens (primary N) is 1. The summed E-state index contributed by atoms with van der Waals surface area (Å²) in [5.41, 5.74) is 6.93. The van der Waals surface area contributed by atoms with Crippen LogP contribution in [0.15, 0.2) is 18.2 Å². The third-order valence-corrected chi connectivity index (χ3v) is 4.81. The Morgan fingerprint density at radius 2 is 2.12 bits per heavy atom. The van der Waals surface area contributed by atoms with Gasteiger partial charge in [-0.2, -0.15) is 0 Å². The van der Waals surface area contributed by atoms with Crippen molar-refractivity contribution in [1.82, 2.24) is 9.97 Å². The molecule has 25 heavy (non-hydrogen) atoms. The normalized spacial score (nSPS) is 15.2. The van der Waals surface area contributed by atoms with Crippen LogP contribution in [0.25, 0.3) is 11.0 Å². The second-order valence-corrected chi connectivity index (χ2v) is 7.01. The van der Waals surface area contributed by atoms with Gasteiger partial charge in [-0.3, -0.25) is 4.79 Å². The molecule has 1 aromatic heterocycles. The summed E-state index contributed by atoms with van der Waals surface area (Å²) in [5, 5.41) is 18.5. The number of benzene rings is 1. The largest absolute Gasteiger partial charge is 0.480 e. The molecule has 0 aliphatic heterocycles. The second-order valence-electron chi connectivity index (χ2n) is 7.01. The molecule has 138 valence electrons. The summed E-state index contributed by atoms with van der Waals surface area (Å²) in [5.74, 6) is -0.295. The van der Waals surface area contributed by atoms with Crippen LogP contribution in [-0.2, 0) is 11.2 Å². The number of H-pyrrole nitrogens is 1. The van der Waals surface area contributed by atoms with Crippen molar-refractivity contribution in [3.8, 4) is 0 Å². The Bertz CT molecular complexity index is 713. The van der Waals surface area contributed by atoms with Gasteiger partial charge in [-0.25, -0.2) is 4.98 Å². The summed E-state index contributed by atoms with van der Waals surface area (Å²) in [6, 6.07) is 6.11. The number of carboxylic acids is 1. The number of aromatic nitrogens is 2. The average Bonchev–Trinajstić information content (AvgIpc) is 2.99. The van der Waals surface area contributed by atoms with Gasteiger partial charge in [0.1, 0.15) is 11.4 Å². The maximum absolute atomic E-state index is 11.2. The first-order valence-corrected chi connectivity index (χ1v) is 9.01. The molecule has 2 aromatic rings. The lowest BCUT2D eigenvalue weighted by atomic mass is 9.94. The smallest absolute Gasteiger partial charge is 0.326 e. The number of hydrogen-bond acceptors (Lipinski definition) is 4. The highest BCUT2D eigenvalue weighted by Gasteiger charge is 2.34. The third-order valence-electron chi connectivity index (χ3n) is 4.81. The number of aliphatic carboxylic acids is 1. The number of nitrogens with one attached hydrogen (secondary N) is 1. The van der Waals surface area contributed by atoms with Gasteiger partial charge in [0.05, 0.1) is 17.6 Å². The van der Waals surface area contributed by atoms with Gasteiger partial charge < -0.3 is 20.9 Å². The second kappa shape index (κ2) is 8.45. The fourth-order valence-corrected chi connectivity index (χ4v) is 3.01. The van der Waals surface area contributed by atoms with Gasteiger partial charge in [0.25, 0.3) is 0 Å². The molecule has 0 spiro atoms. The molecule has 0 amide bonds. The first kappa shape index (κ1) is 19.4. The molecule has 0 aliphatic carbocycles. The molecule has 0 aliphatic rings. The molecule has 1 aromatic carbocycles. The lowest BCUT2D eigenvalue weighted by Gasteiger charge is -2.20. The lowest BCUT2D eigenvalue weighted by molar-refractivity contribution is -0.144. The number of aromatic amines is 1. The van der Waals surface area contributed by atoms with Crippen LogP contribution in [0.3, 0.4) is 0 Å². The van der Waals surface area contributed by atoms with Crippen molar-refractivity contribution in [2.75, 3.05) is 6.61 Å². The van der Waals surface area contributed by atoms with E-state index in [1.807, 2.05) is 6.07 Å². The minimum atomic E-state index is -1.72. The van der Waals surface area contributed by atoms with Crippen LogP contribution >= 0.6 is 0 Å². The standard InChI is InChI=1S/C19H29N3O3/c1-3-4-5-6-7-13(2)14-8-9-15-16(10-14)22-17(21-15)11-19(20,12-23)18(24)25/h8-10,13,23H,3-7,11-12,20H2,1-2H3,(H,21,22)(H,24,25).